The lowest BCUT2D eigenvalue weighted by Gasteiger charge is -2.11. The zero-order valence-electron chi connectivity index (χ0n) is 16.5. The van der Waals surface area contributed by atoms with E-state index in [9.17, 15) is 25.0 Å². The van der Waals surface area contributed by atoms with E-state index in [0.29, 0.717) is 5.56 Å². The molecule has 12 heteroatoms. The number of amides is 1. The van der Waals surface area contributed by atoms with Crippen molar-refractivity contribution in [3.8, 4) is 17.2 Å². The average Bonchev–Trinajstić information content (AvgIpc) is 2.80. The third-order valence-electron chi connectivity index (χ3n) is 4.03. The molecule has 3 aromatic rings. The van der Waals surface area contributed by atoms with Crippen LogP contribution < -0.4 is 14.9 Å². The third kappa shape index (κ3) is 5.18. The van der Waals surface area contributed by atoms with Gasteiger partial charge in [0.25, 0.3) is 11.6 Å². The van der Waals surface area contributed by atoms with E-state index in [-0.39, 0.29) is 22.9 Å². The molecule has 0 saturated heterocycles. The number of hydrazone groups is 1. The van der Waals surface area contributed by atoms with Gasteiger partial charge in [0.1, 0.15) is 5.69 Å². The Morgan fingerprint density at radius 3 is 2.47 bits per heavy atom. The van der Waals surface area contributed by atoms with Crippen LogP contribution in [0.15, 0.2) is 65.9 Å². The molecule has 3 rings (SSSR count). The quantitative estimate of drug-likeness (QED) is 0.318. The fourth-order valence-electron chi connectivity index (χ4n) is 2.54. The van der Waals surface area contributed by atoms with Crippen LogP contribution in [0.5, 0.6) is 17.2 Å². The highest BCUT2D eigenvalue weighted by Gasteiger charge is 2.22. The van der Waals surface area contributed by atoms with Crippen LogP contribution in [-0.4, -0.2) is 34.1 Å². The summed E-state index contributed by atoms with van der Waals surface area (Å²) in [6.07, 6.45) is 2.85. The maximum absolute atomic E-state index is 11.9. The molecular weight excluding hydrogens is 422 g/mol. The first-order valence-corrected chi connectivity index (χ1v) is 8.92. The predicted octanol–water partition coefficient (Wildman–Crippen LogP) is 3.46. The number of carbonyl (C=O) groups excluding carboxylic acids is 1. The van der Waals surface area contributed by atoms with E-state index in [0.717, 1.165) is 18.2 Å². The second-order valence-corrected chi connectivity index (χ2v) is 6.09. The van der Waals surface area contributed by atoms with Crippen molar-refractivity contribution in [2.75, 3.05) is 7.11 Å². The van der Waals surface area contributed by atoms with Crippen LogP contribution in [0.25, 0.3) is 0 Å². The molecule has 0 bridgehead atoms. The Balaban J connectivity index is 1.78. The number of nitrogens with one attached hydrogen (secondary N) is 1. The fraction of sp³-hybridized carbons (Fsp3) is 0.0500. The van der Waals surface area contributed by atoms with Gasteiger partial charge in [0, 0.05) is 12.3 Å². The molecule has 0 aliphatic carbocycles. The minimum atomic E-state index is -0.778. The van der Waals surface area contributed by atoms with Gasteiger partial charge in [-0.05, 0) is 42.0 Å². The van der Waals surface area contributed by atoms with Crippen LogP contribution in [-0.2, 0) is 0 Å². The highest BCUT2D eigenvalue weighted by molar-refractivity contribution is 5.93. The number of benzene rings is 2. The highest BCUT2D eigenvalue weighted by atomic mass is 16.6. The maximum Gasteiger partial charge on any atom is 0.318 e. The number of rotatable bonds is 8. The van der Waals surface area contributed by atoms with Gasteiger partial charge in [0.2, 0.25) is 5.75 Å². The lowest BCUT2D eigenvalue weighted by Crippen LogP contribution is -2.18. The van der Waals surface area contributed by atoms with Crippen LogP contribution in [0.2, 0.25) is 0 Å². The Kier molecular flexibility index (Phi) is 6.65. The summed E-state index contributed by atoms with van der Waals surface area (Å²) in [7, 11) is 1.37. The molecule has 1 aromatic heterocycles. The first-order chi connectivity index (χ1) is 15.4. The number of methoxy groups -OCH3 is 1. The summed E-state index contributed by atoms with van der Waals surface area (Å²) >= 11 is 0. The summed E-state index contributed by atoms with van der Waals surface area (Å²) < 4.78 is 10.8. The molecule has 32 heavy (non-hydrogen) atoms. The molecule has 1 amide bonds. The number of nitro benzene ring substituents is 2. The maximum atomic E-state index is 11.9. The Morgan fingerprint density at radius 1 is 1.03 bits per heavy atom. The zero-order valence-corrected chi connectivity index (χ0v) is 16.5. The van der Waals surface area contributed by atoms with Gasteiger partial charge >= 0.3 is 5.69 Å². The molecule has 162 valence electrons. The monoisotopic (exact) mass is 437 g/mol. The topological polar surface area (TPSA) is 159 Å². The van der Waals surface area contributed by atoms with E-state index in [1.165, 1.54) is 37.7 Å². The van der Waals surface area contributed by atoms with Crippen LogP contribution in [0, 0.1) is 20.2 Å². The number of non-ortho nitro benzene ring substituents is 1. The number of ether oxygens (including phenoxy) is 2. The van der Waals surface area contributed by atoms with Crippen molar-refractivity contribution in [3.63, 3.8) is 0 Å². The number of carbonyl (C=O) groups is 1. The molecule has 12 nitrogen and oxygen atoms in total. The Labute approximate surface area is 180 Å². The minimum absolute atomic E-state index is 0.138. The summed E-state index contributed by atoms with van der Waals surface area (Å²) in [6, 6.07) is 12.5. The molecule has 2 aromatic carbocycles. The number of nitrogens with zero attached hydrogens (tertiary/aromatic N) is 4. The Morgan fingerprint density at radius 2 is 1.81 bits per heavy atom. The third-order valence-corrected chi connectivity index (χ3v) is 4.03. The first kappa shape index (κ1) is 21.8. The van der Waals surface area contributed by atoms with Gasteiger partial charge in [-0.2, -0.15) is 5.10 Å². The van der Waals surface area contributed by atoms with Crippen molar-refractivity contribution in [2.24, 2.45) is 5.10 Å². The van der Waals surface area contributed by atoms with E-state index in [1.807, 2.05) is 0 Å². The van der Waals surface area contributed by atoms with Crippen molar-refractivity contribution in [1.29, 1.82) is 0 Å². The molecule has 0 spiro atoms. The van der Waals surface area contributed by atoms with Crippen LogP contribution >= 0.6 is 0 Å². The predicted molar refractivity (Wildman–Crippen MR) is 112 cm³/mol. The van der Waals surface area contributed by atoms with Crippen molar-refractivity contribution in [1.82, 2.24) is 10.4 Å². The molecule has 0 unspecified atom stereocenters. The molecule has 1 heterocycles. The molecule has 0 radical (unpaired) electrons. The van der Waals surface area contributed by atoms with Crippen LogP contribution in [0.4, 0.5) is 11.4 Å². The van der Waals surface area contributed by atoms with Gasteiger partial charge in [-0.3, -0.25) is 30.0 Å². The summed E-state index contributed by atoms with van der Waals surface area (Å²) in [6.45, 7) is 0. The molecule has 1 N–H and O–H groups in total. The number of nitro groups is 2. The number of aromatic nitrogens is 1. The molecule has 0 saturated carbocycles. The summed E-state index contributed by atoms with van der Waals surface area (Å²) in [5.74, 6) is -0.320. The summed E-state index contributed by atoms with van der Waals surface area (Å²) in [4.78, 5) is 36.5. The van der Waals surface area contributed by atoms with Crippen LogP contribution in [0.1, 0.15) is 16.1 Å². The number of hydrogen-bond donors (Lipinski definition) is 1. The molecular formula is C20H15N5O7. The SMILES string of the molecule is COc1cc(C=NNC(=O)c2ccccn2)ccc1Oc1ccc([N+](=O)[O-])cc1[N+](=O)[O-]. The number of pyridine rings is 1. The molecule has 0 atom stereocenters. The molecule has 0 aliphatic heterocycles. The van der Waals surface area contributed by atoms with E-state index in [2.05, 4.69) is 15.5 Å². The van der Waals surface area contributed by atoms with Crippen LogP contribution in [0.3, 0.4) is 0 Å². The van der Waals surface area contributed by atoms with Gasteiger partial charge in [0.05, 0.1) is 29.2 Å². The van der Waals surface area contributed by atoms with E-state index >= 15 is 0 Å². The largest absolute Gasteiger partial charge is 0.493 e. The molecule has 0 aliphatic rings. The van der Waals surface area contributed by atoms with E-state index < -0.39 is 27.1 Å². The normalized spacial score (nSPS) is 10.5. The second kappa shape index (κ2) is 9.75. The minimum Gasteiger partial charge on any atom is -0.493 e. The highest BCUT2D eigenvalue weighted by Crippen LogP contribution is 2.38. The summed E-state index contributed by atoms with van der Waals surface area (Å²) in [5, 5.41) is 26.0. The van der Waals surface area contributed by atoms with Gasteiger partial charge in [-0.1, -0.05) is 6.07 Å². The Bertz CT molecular complexity index is 1200. The van der Waals surface area contributed by atoms with Gasteiger partial charge in [-0.25, -0.2) is 5.43 Å². The van der Waals surface area contributed by atoms with Crippen molar-refractivity contribution < 1.29 is 24.1 Å². The lowest BCUT2D eigenvalue weighted by molar-refractivity contribution is -0.394. The van der Waals surface area contributed by atoms with E-state index in [1.54, 1.807) is 18.2 Å². The fourth-order valence-corrected chi connectivity index (χ4v) is 2.54. The first-order valence-electron chi connectivity index (χ1n) is 8.92. The smallest absolute Gasteiger partial charge is 0.318 e. The van der Waals surface area contributed by atoms with E-state index in [4.69, 9.17) is 9.47 Å². The number of hydrogen-bond acceptors (Lipinski definition) is 9. The van der Waals surface area contributed by atoms with Gasteiger partial charge in [0.15, 0.2) is 11.5 Å². The van der Waals surface area contributed by atoms with Gasteiger partial charge in [-0.15, -0.1) is 0 Å². The van der Waals surface area contributed by atoms with Crippen molar-refractivity contribution in [3.05, 3.63) is 92.3 Å². The zero-order chi connectivity index (χ0) is 23.1. The molecule has 0 fully saturated rings. The Hall–Kier alpha value is -4.87. The van der Waals surface area contributed by atoms with Gasteiger partial charge < -0.3 is 9.47 Å². The van der Waals surface area contributed by atoms with Crippen molar-refractivity contribution in [2.45, 2.75) is 0 Å². The average molecular weight is 437 g/mol. The second-order valence-electron chi connectivity index (χ2n) is 6.09. The summed E-state index contributed by atoms with van der Waals surface area (Å²) in [5.41, 5.74) is 2.08. The lowest BCUT2D eigenvalue weighted by atomic mass is 10.2. The van der Waals surface area contributed by atoms with Crippen molar-refractivity contribution >= 4 is 23.5 Å². The standard InChI is InChI=1S/C20H15N5O7/c1-31-19-10-13(12-22-23-20(26)15-4-2-3-9-21-15)5-7-18(19)32-17-8-6-14(24(27)28)11-16(17)25(29)30/h2-12H,1H3,(H,23,26).